The fourth-order valence-corrected chi connectivity index (χ4v) is 4.45. The number of hydrogen-bond donors (Lipinski definition) is 0. The van der Waals surface area contributed by atoms with Crippen molar-refractivity contribution < 1.29 is 4.79 Å². The molecule has 1 aromatic carbocycles. The van der Waals surface area contributed by atoms with Gasteiger partial charge in [0.25, 0.3) is 5.78 Å². The number of amides is 1. The number of thioether (sulfide) groups is 1. The molecule has 0 saturated carbocycles. The average molecular weight is 416 g/mol. The highest BCUT2D eigenvalue weighted by molar-refractivity contribution is 7.99. The van der Waals surface area contributed by atoms with E-state index in [1.807, 2.05) is 43.0 Å². The molecule has 0 unspecified atom stereocenters. The van der Waals surface area contributed by atoms with Gasteiger partial charge < -0.3 is 4.90 Å². The second-order valence-corrected chi connectivity index (χ2v) is 8.36. The Bertz CT molecular complexity index is 1030. The molecule has 28 heavy (non-hydrogen) atoms. The first-order chi connectivity index (χ1) is 13.5. The first-order valence-corrected chi connectivity index (χ1v) is 10.8. The van der Waals surface area contributed by atoms with Gasteiger partial charge in [0.1, 0.15) is 0 Å². The highest BCUT2D eigenvalue weighted by Crippen LogP contribution is 2.24. The van der Waals surface area contributed by atoms with E-state index in [-0.39, 0.29) is 5.91 Å². The quantitative estimate of drug-likeness (QED) is 0.594. The Kier molecular flexibility index (Phi) is 5.55. The summed E-state index contributed by atoms with van der Waals surface area (Å²) in [5.74, 6) is 1.08. The van der Waals surface area contributed by atoms with Gasteiger partial charge in [0.05, 0.1) is 5.75 Å². The van der Waals surface area contributed by atoms with Crippen LogP contribution in [0.1, 0.15) is 35.4 Å². The van der Waals surface area contributed by atoms with Gasteiger partial charge in [-0.05, 0) is 43.9 Å². The third-order valence-corrected chi connectivity index (χ3v) is 6.33. The average Bonchev–Trinajstić information content (AvgIpc) is 3.34. The minimum Gasteiger partial charge on any atom is -0.342 e. The van der Waals surface area contributed by atoms with E-state index < -0.39 is 0 Å². The monoisotopic (exact) mass is 415 g/mol. The van der Waals surface area contributed by atoms with Crippen LogP contribution in [-0.2, 0) is 11.2 Å². The Hall–Kier alpha value is -2.12. The Labute approximate surface area is 173 Å². The molecule has 1 amide bonds. The molecule has 0 bridgehead atoms. The third kappa shape index (κ3) is 3.86. The highest BCUT2D eigenvalue weighted by atomic mass is 35.5. The van der Waals surface area contributed by atoms with Gasteiger partial charge in [-0.2, -0.15) is 4.98 Å². The molecule has 0 aliphatic carbocycles. The van der Waals surface area contributed by atoms with Crippen LogP contribution in [-0.4, -0.2) is 49.2 Å². The zero-order valence-electron chi connectivity index (χ0n) is 16.0. The number of halogens is 1. The van der Waals surface area contributed by atoms with Gasteiger partial charge in [-0.1, -0.05) is 41.6 Å². The summed E-state index contributed by atoms with van der Waals surface area (Å²) in [4.78, 5) is 23.3. The maximum Gasteiger partial charge on any atom is 0.253 e. The predicted molar refractivity (Wildman–Crippen MR) is 111 cm³/mol. The largest absolute Gasteiger partial charge is 0.342 e. The SMILES string of the molecule is Cc1nc2nc(SCC(=O)N3CCCC3)nn2c(C)c1Cc1ccccc1Cl. The van der Waals surface area contributed by atoms with E-state index in [4.69, 9.17) is 11.6 Å². The van der Waals surface area contributed by atoms with E-state index in [2.05, 4.69) is 15.1 Å². The van der Waals surface area contributed by atoms with Gasteiger partial charge in [-0.15, -0.1) is 5.10 Å². The van der Waals surface area contributed by atoms with Crippen molar-refractivity contribution in [2.45, 2.75) is 38.3 Å². The zero-order chi connectivity index (χ0) is 19.7. The van der Waals surface area contributed by atoms with Crippen LogP contribution in [0.4, 0.5) is 0 Å². The molecule has 1 fully saturated rings. The number of hydrogen-bond acceptors (Lipinski definition) is 5. The van der Waals surface area contributed by atoms with Gasteiger partial charge in [0.15, 0.2) is 0 Å². The standard InChI is InChI=1S/C20H22ClN5OS/c1-13-16(11-15-7-3-4-8-17(15)21)14(2)26-19(22-13)23-20(24-26)28-12-18(27)25-9-5-6-10-25/h3-4,7-8H,5-6,9-12H2,1-2H3. The normalized spacial score (nSPS) is 14.2. The number of rotatable bonds is 5. The van der Waals surface area contributed by atoms with Crippen LogP contribution in [0.2, 0.25) is 5.02 Å². The second-order valence-electron chi connectivity index (χ2n) is 7.01. The molecule has 0 N–H and O–H groups in total. The van der Waals surface area contributed by atoms with Crippen LogP contribution in [0.3, 0.4) is 0 Å². The number of likely N-dealkylation sites (tertiary alicyclic amines) is 1. The zero-order valence-corrected chi connectivity index (χ0v) is 17.6. The van der Waals surface area contributed by atoms with E-state index in [0.717, 1.165) is 53.5 Å². The minimum absolute atomic E-state index is 0.154. The number of aryl methyl sites for hydroxylation is 2. The summed E-state index contributed by atoms with van der Waals surface area (Å²) in [6.45, 7) is 5.73. The molecule has 6 nitrogen and oxygen atoms in total. The highest BCUT2D eigenvalue weighted by Gasteiger charge is 2.20. The smallest absolute Gasteiger partial charge is 0.253 e. The topological polar surface area (TPSA) is 63.4 Å². The molecule has 4 rings (SSSR count). The number of fused-ring (bicyclic) bond motifs is 1. The van der Waals surface area contributed by atoms with Gasteiger partial charge in [0, 0.05) is 35.9 Å². The summed E-state index contributed by atoms with van der Waals surface area (Å²) in [7, 11) is 0. The Morgan fingerprint density at radius 1 is 1.18 bits per heavy atom. The molecule has 2 aromatic heterocycles. The molecule has 3 heterocycles. The number of carbonyl (C=O) groups excluding carboxylic acids is 1. The van der Waals surface area contributed by atoms with E-state index in [0.29, 0.717) is 23.1 Å². The lowest BCUT2D eigenvalue weighted by Gasteiger charge is -2.13. The van der Waals surface area contributed by atoms with Crippen LogP contribution in [0.25, 0.3) is 5.78 Å². The molecule has 1 aliphatic heterocycles. The first-order valence-electron chi connectivity index (χ1n) is 9.40. The molecule has 8 heteroatoms. The van der Waals surface area contributed by atoms with Gasteiger partial charge in [-0.3, -0.25) is 4.79 Å². The molecular formula is C20H22ClN5OS. The second kappa shape index (κ2) is 8.09. The lowest BCUT2D eigenvalue weighted by molar-refractivity contribution is -0.127. The summed E-state index contributed by atoms with van der Waals surface area (Å²) in [5.41, 5.74) is 4.06. The lowest BCUT2D eigenvalue weighted by atomic mass is 10.0. The van der Waals surface area contributed by atoms with E-state index in [1.165, 1.54) is 11.8 Å². The van der Waals surface area contributed by atoms with E-state index in [1.54, 1.807) is 4.52 Å². The fraction of sp³-hybridized carbons (Fsp3) is 0.400. The molecule has 0 spiro atoms. The predicted octanol–water partition coefficient (Wildman–Crippen LogP) is 3.70. The van der Waals surface area contributed by atoms with Gasteiger partial charge in [0.2, 0.25) is 11.1 Å². The Morgan fingerprint density at radius 2 is 1.93 bits per heavy atom. The van der Waals surface area contributed by atoms with Crippen molar-refractivity contribution in [3.05, 3.63) is 51.8 Å². The lowest BCUT2D eigenvalue weighted by Crippen LogP contribution is -2.29. The number of carbonyl (C=O) groups is 1. The van der Waals surface area contributed by atoms with Gasteiger partial charge in [-0.25, -0.2) is 9.50 Å². The maximum atomic E-state index is 12.3. The van der Waals surface area contributed by atoms with Gasteiger partial charge >= 0.3 is 0 Å². The molecule has 146 valence electrons. The number of nitrogens with zero attached hydrogens (tertiary/aromatic N) is 5. The van der Waals surface area contributed by atoms with Crippen LogP contribution in [0, 0.1) is 13.8 Å². The van der Waals surface area contributed by atoms with Crippen LogP contribution >= 0.6 is 23.4 Å². The first kappa shape index (κ1) is 19.2. The summed E-state index contributed by atoms with van der Waals surface area (Å²) in [6, 6.07) is 7.84. The van der Waals surface area contributed by atoms with Crippen molar-refractivity contribution in [1.29, 1.82) is 0 Å². The maximum absolute atomic E-state index is 12.3. The van der Waals surface area contributed by atoms with Crippen molar-refractivity contribution in [1.82, 2.24) is 24.5 Å². The van der Waals surface area contributed by atoms with Crippen LogP contribution in [0.5, 0.6) is 0 Å². The summed E-state index contributed by atoms with van der Waals surface area (Å²) >= 11 is 7.70. The van der Waals surface area contributed by atoms with Crippen molar-refractivity contribution in [3.63, 3.8) is 0 Å². The fourth-order valence-electron chi connectivity index (χ4n) is 3.52. The molecule has 0 atom stereocenters. The van der Waals surface area contributed by atoms with Crippen molar-refractivity contribution in [2.75, 3.05) is 18.8 Å². The third-order valence-electron chi connectivity index (χ3n) is 5.14. The molecule has 3 aromatic rings. The summed E-state index contributed by atoms with van der Waals surface area (Å²) in [6.07, 6.45) is 2.88. The summed E-state index contributed by atoms with van der Waals surface area (Å²) in [5, 5.41) is 5.91. The Morgan fingerprint density at radius 3 is 2.68 bits per heavy atom. The van der Waals surface area contributed by atoms with E-state index in [9.17, 15) is 4.79 Å². The molecule has 1 saturated heterocycles. The summed E-state index contributed by atoms with van der Waals surface area (Å²) < 4.78 is 1.77. The van der Waals surface area contributed by atoms with Crippen LogP contribution < -0.4 is 0 Å². The van der Waals surface area contributed by atoms with Crippen molar-refractivity contribution in [2.24, 2.45) is 0 Å². The van der Waals surface area contributed by atoms with Crippen molar-refractivity contribution in [3.8, 4) is 0 Å². The number of aromatic nitrogens is 4. The van der Waals surface area contributed by atoms with E-state index >= 15 is 0 Å². The molecular weight excluding hydrogens is 394 g/mol. The van der Waals surface area contributed by atoms with Crippen molar-refractivity contribution >= 4 is 35.0 Å². The Balaban J connectivity index is 1.56. The minimum atomic E-state index is 0.154. The van der Waals surface area contributed by atoms with Crippen LogP contribution in [0.15, 0.2) is 29.4 Å². The molecule has 1 aliphatic rings. The number of benzene rings is 1. The molecule has 0 radical (unpaired) electrons.